The number of ether oxygens (including phenoxy) is 1. The average molecular weight is 389 g/mol. The van der Waals surface area contributed by atoms with Crippen molar-refractivity contribution < 1.29 is 8.95 Å². The maximum atomic E-state index is 12.7. The number of hydrogen-bond acceptors (Lipinski definition) is 6. The van der Waals surface area contributed by atoms with Gasteiger partial charge in [-0.15, -0.1) is 0 Å². The van der Waals surface area contributed by atoms with Gasteiger partial charge in [0.2, 0.25) is 0 Å². The summed E-state index contributed by atoms with van der Waals surface area (Å²) in [6.07, 6.45) is 5.07. The highest BCUT2D eigenvalue weighted by Crippen LogP contribution is 2.29. The largest absolute Gasteiger partial charge is 0.379 e. The molecule has 3 heterocycles. The van der Waals surface area contributed by atoms with E-state index < -0.39 is 9.73 Å². The molecule has 26 heavy (non-hydrogen) atoms. The van der Waals surface area contributed by atoms with Gasteiger partial charge in [-0.3, -0.25) is 0 Å². The summed E-state index contributed by atoms with van der Waals surface area (Å²) in [5, 5.41) is 5.59. The quantitative estimate of drug-likeness (QED) is 0.679. The van der Waals surface area contributed by atoms with Gasteiger partial charge < -0.3 is 10.1 Å². The molecule has 0 spiro atoms. The minimum atomic E-state index is -2.31. The Morgan fingerprint density at radius 2 is 2.08 bits per heavy atom. The van der Waals surface area contributed by atoms with E-state index >= 15 is 0 Å². The highest BCUT2D eigenvalue weighted by Gasteiger charge is 2.27. The molecule has 4 rings (SSSR count). The zero-order chi connectivity index (χ0) is 18.1. The number of hydrogen-bond donors (Lipinski definition) is 1. The second kappa shape index (κ2) is 6.83. The van der Waals surface area contributed by atoms with Crippen LogP contribution in [-0.2, 0) is 14.5 Å². The van der Waals surface area contributed by atoms with Crippen molar-refractivity contribution in [1.29, 1.82) is 0 Å². The lowest BCUT2D eigenvalue weighted by molar-refractivity contribution is 0.0431. The van der Waals surface area contributed by atoms with Crippen LogP contribution in [0.3, 0.4) is 0 Å². The van der Waals surface area contributed by atoms with Gasteiger partial charge in [0.15, 0.2) is 0 Å². The summed E-state index contributed by atoms with van der Waals surface area (Å²) in [5.41, 5.74) is 1.49. The lowest BCUT2D eigenvalue weighted by Crippen LogP contribution is -2.39. The topological polar surface area (TPSA) is 76.5 Å². The van der Waals surface area contributed by atoms with Gasteiger partial charge in [-0.25, -0.2) is 14.2 Å². The average Bonchev–Trinajstić information content (AvgIpc) is 2.54. The van der Waals surface area contributed by atoms with Gasteiger partial charge in [-0.05, 0) is 41.8 Å². The number of pyridine rings is 2. The van der Waals surface area contributed by atoms with Crippen LogP contribution in [0.15, 0.2) is 53.2 Å². The zero-order valence-corrected chi connectivity index (χ0v) is 15.6. The fraction of sp³-hybridized carbons (Fsp3) is 0.222. The summed E-state index contributed by atoms with van der Waals surface area (Å²) in [5.74, 6) is 0.711. The first-order chi connectivity index (χ1) is 12.5. The SMILES string of the molecule is CS(=O)(=Nc1ccc2c(Nc3ccc(Cl)nc3)nccc2c1)C1COC1. The first-order valence-corrected chi connectivity index (χ1v) is 10.4. The predicted molar refractivity (Wildman–Crippen MR) is 105 cm³/mol. The molecule has 1 fully saturated rings. The highest BCUT2D eigenvalue weighted by molar-refractivity contribution is 7.93. The second-order valence-electron chi connectivity index (χ2n) is 6.17. The van der Waals surface area contributed by atoms with Crippen LogP contribution in [-0.4, -0.2) is 38.9 Å². The molecule has 0 radical (unpaired) electrons. The molecule has 8 heteroatoms. The van der Waals surface area contributed by atoms with Crippen LogP contribution in [0.4, 0.5) is 17.2 Å². The molecule has 3 aromatic rings. The molecular weight excluding hydrogens is 372 g/mol. The van der Waals surface area contributed by atoms with Gasteiger partial charge in [-0.1, -0.05) is 11.6 Å². The molecule has 0 amide bonds. The van der Waals surface area contributed by atoms with Crippen LogP contribution in [0.5, 0.6) is 0 Å². The number of benzene rings is 1. The molecule has 0 aliphatic carbocycles. The summed E-state index contributed by atoms with van der Waals surface area (Å²) in [7, 11) is -2.31. The minimum absolute atomic E-state index is 0.00488. The lowest BCUT2D eigenvalue weighted by Gasteiger charge is -2.26. The molecule has 1 aliphatic rings. The normalized spacial score (nSPS) is 16.7. The van der Waals surface area contributed by atoms with Crippen molar-refractivity contribution in [3.8, 4) is 0 Å². The van der Waals surface area contributed by atoms with E-state index in [2.05, 4.69) is 19.6 Å². The van der Waals surface area contributed by atoms with E-state index in [-0.39, 0.29) is 5.25 Å². The maximum Gasteiger partial charge on any atom is 0.138 e. The highest BCUT2D eigenvalue weighted by atomic mass is 35.5. The monoisotopic (exact) mass is 388 g/mol. The molecule has 1 unspecified atom stereocenters. The fourth-order valence-electron chi connectivity index (χ4n) is 2.66. The van der Waals surface area contributed by atoms with E-state index in [9.17, 15) is 4.21 Å². The molecule has 2 aromatic heterocycles. The van der Waals surface area contributed by atoms with Crippen LogP contribution in [0.1, 0.15) is 0 Å². The third-order valence-corrected chi connectivity index (χ3v) is 6.56. The maximum absolute atomic E-state index is 12.7. The number of nitrogens with zero attached hydrogens (tertiary/aromatic N) is 3. The Labute approximate surface area is 156 Å². The van der Waals surface area contributed by atoms with E-state index in [4.69, 9.17) is 16.3 Å². The van der Waals surface area contributed by atoms with Crippen molar-refractivity contribution in [3.63, 3.8) is 0 Å². The molecule has 1 atom stereocenters. The zero-order valence-electron chi connectivity index (χ0n) is 14.1. The van der Waals surface area contributed by atoms with E-state index in [1.54, 1.807) is 24.7 Å². The smallest absolute Gasteiger partial charge is 0.138 e. The van der Waals surface area contributed by atoms with Crippen LogP contribution in [0, 0.1) is 0 Å². The molecule has 1 saturated heterocycles. The van der Waals surface area contributed by atoms with Crippen molar-refractivity contribution in [2.24, 2.45) is 4.36 Å². The van der Waals surface area contributed by atoms with Crippen LogP contribution in [0.2, 0.25) is 5.15 Å². The molecule has 1 aromatic carbocycles. The van der Waals surface area contributed by atoms with Gasteiger partial charge in [-0.2, -0.15) is 4.36 Å². The molecule has 1 aliphatic heterocycles. The number of anilines is 2. The first kappa shape index (κ1) is 17.2. The Morgan fingerprint density at radius 3 is 2.77 bits per heavy atom. The predicted octanol–water partition coefficient (Wildman–Crippen LogP) is 4.15. The Hall–Kier alpha value is -2.22. The van der Waals surface area contributed by atoms with Crippen LogP contribution >= 0.6 is 11.6 Å². The lowest BCUT2D eigenvalue weighted by atomic mass is 10.1. The molecule has 134 valence electrons. The van der Waals surface area contributed by atoms with Crippen molar-refractivity contribution in [1.82, 2.24) is 9.97 Å². The summed E-state index contributed by atoms with van der Waals surface area (Å²) in [4.78, 5) is 8.46. The summed E-state index contributed by atoms with van der Waals surface area (Å²) in [6.45, 7) is 1.03. The van der Waals surface area contributed by atoms with E-state index in [1.165, 1.54) is 0 Å². The van der Waals surface area contributed by atoms with E-state index in [0.717, 1.165) is 16.5 Å². The summed E-state index contributed by atoms with van der Waals surface area (Å²) < 4.78 is 22.3. The summed E-state index contributed by atoms with van der Waals surface area (Å²) in [6, 6.07) is 11.2. The molecule has 0 bridgehead atoms. The third kappa shape index (κ3) is 3.51. The number of nitrogens with one attached hydrogen (secondary N) is 1. The number of fused-ring (bicyclic) bond motifs is 1. The molecule has 1 N–H and O–H groups in total. The van der Waals surface area contributed by atoms with Gasteiger partial charge in [0.1, 0.15) is 11.0 Å². The van der Waals surface area contributed by atoms with Gasteiger partial charge in [0.05, 0.1) is 45.8 Å². The van der Waals surface area contributed by atoms with Crippen molar-refractivity contribution in [2.45, 2.75) is 5.25 Å². The Morgan fingerprint density at radius 1 is 1.23 bits per heavy atom. The number of halogens is 1. The first-order valence-electron chi connectivity index (χ1n) is 8.07. The fourth-order valence-corrected chi connectivity index (χ4v) is 4.15. The third-order valence-electron chi connectivity index (χ3n) is 4.25. The Bertz CT molecular complexity index is 1070. The molecular formula is C18H17ClN4O2S. The van der Waals surface area contributed by atoms with Gasteiger partial charge in [0, 0.05) is 17.8 Å². The van der Waals surface area contributed by atoms with Gasteiger partial charge in [0.25, 0.3) is 0 Å². The van der Waals surface area contributed by atoms with Crippen LogP contribution < -0.4 is 5.32 Å². The van der Waals surface area contributed by atoms with Crippen molar-refractivity contribution in [3.05, 3.63) is 53.9 Å². The Balaban J connectivity index is 1.68. The molecule has 6 nitrogen and oxygen atoms in total. The Kier molecular flexibility index (Phi) is 4.52. The van der Waals surface area contributed by atoms with E-state index in [0.29, 0.717) is 29.9 Å². The van der Waals surface area contributed by atoms with E-state index in [1.807, 2.05) is 30.3 Å². The minimum Gasteiger partial charge on any atom is -0.379 e. The standard InChI is InChI=1S/C18H17ClN4O2S/c1-26(24,15-10-25-11-15)23-13-2-4-16-12(8-13)6-7-20-18(16)22-14-3-5-17(19)21-9-14/h2-9,15H,10-11H2,1H3,(H,20,22). The summed E-state index contributed by atoms with van der Waals surface area (Å²) >= 11 is 5.82. The van der Waals surface area contributed by atoms with Crippen LogP contribution in [0.25, 0.3) is 10.8 Å². The second-order valence-corrected chi connectivity index (χ2v) is 9.13. The number of aromatic nitrogens is 2. The van der Waals surface area contributed by atoms with Gasteiger partial charge >= 0.3 is 0 Å². The molecule has 0 saturated carbocycles. The van der Waals surface area contributed by atoms with Crippen molar-refractivity contribution >= 4 is 49.3 Å². The van der Waals surface area contributed by atoms with Crippen molar-refractivity contribution in [2.75, 3.05) is 24.8 Å². The number of rotatable bonds is 4.